The summed E-state index contributed by atoms with van der Waals surface area (Å²) in [4.78, 5) is 2.29. The molecule has 0 aliphatic carbocycles. The fourth-order valence-electron chi connectivity index (χ4n) is 2.73. The fourth-order valence-corrected chi connectivity index (χ4v) is 4.19. The van der Waals surface area contributed by atoms with Crippen LogP contribution in [-0.4, -0.2) is 51.4 Å². The number of nitrogens with one attached hydrogen (secondary N) is 1. The lowest BCUT2D eigenvalue weighted by Gasteiger charge is -2.35. The van der Waals surface area contributed by atoms with Crippen LogP contribution < -0.4 is 4.72 Å². The molecule has 0 aromatic heterocycles. The Labute approximate surface area is 127 Å². The van der Waals surface area contributed by atoms with Gasteiger partial charge in [0.2, 0.25) is 10.0 Å². The Morgan fingerprint density at radius 2 is 1.90 bits per heavy atom. The van der Waals surface area contributed by atoms with E-state index in [-0.39, 0.29) is 5.25 Å². The molecule has 1 saturated heterocycles. The molecule has 0 saturated carbocycles. The average Bonchev–Trinajstić information content (AvgIpc) is 2.48. The molecule has 2 rings (SSSR count). The van der Waals surface area contributed by atoms with Crippen LogP contribution in [-0.2, 0) is 14.8 Å². The molecule has 5 nitrogen and oxygen atoms in total. The number of methoxy groups -OCH3 is 1. The Morgan fingerprint density at radius 3 is 2.48 bits per heavy atom. The van der Waals surface area contributed by atoms with Crippen LogP contribution in [0.1, 0.15) is 19.8 Å². The lowest BCUT2D eigenvalue weighted by atomic mass is 10.1. The molecule has 1 N–H and O–H groups in total. The maximum Gasteiger partial charge on any atom is 0.235 e. The van der Waals surface area contributed by atoms with E-state index in [1.165, 1.54) is 0 Å². The van der Waals surface area contributed by atoms with Crippen molar-refractivity contribution >= 4 is 15.7 Å². The van der Waals surface area contributed by atoms with E-state index in [0.29, 0.717) is 31.2 Å². The highest BCUT2D eigenvalue weighted by molar-refractivity contribution is 7.93. The summed E-state index contributed by atoms with van der Waals surface area (Å²) in [5.41, 5.74) is 0.632. The van der Waals surface area contributed by atoms with E-state index in [9.17, 15) is 8.42 Å². The number of benzene rings is 1. The monoisotopic (exact) mass is 312 g/mol. The summed E-state index contributed by atoms with van der Waals surface area (Å²) in [6.07, 6.45) is 1.33. The third kappa shape index (κ3) is 4.43. The van der Waals surface area contributed by atoms with Gasteiger partial charge in [-0.2, -0.15) is 0 Å². The van der Waals surface area contributed by atoms with Crippen molar-refractivity contribution in [2.24, 2.45) is 0 Å². The summed E-state index contributed by atoms with van der Waals surface area (Å²) in [6, 6.07) is 9.40. The first kappa shape index (κ1) is 16.3. The van der Waals surface area contributed by atoms with Gasteiger partial charge >= 0.3 is 0 Å². The van der Waals surface area contributed by atoms with Crippen LogP contribution >= 0.6 is 0 Å². The van der Waals surface area contributed by atoms with Gasteiger partial charge in [0.15, 0.2) is 0 Å². The second-order valence-corrected chi connectivity index (χ2v) is 7.51. The molecule has 1 atom stereocenters. The van der Waals surface area contributed by atoms with Gasteiger partial charge in [0.1, 0.15) is 0 Å². The van der Waals surface area contributed by atoms with Crippen molar-refractivity contribution in [1.29, 1.82) is 0 Å². The van der Waals surface area contributed by atoms with E-state index in [1.807, 2.05) is 18.2 Å². The zero-order valence-corrected chi connectivity index (χ0v) is 13.5. The van der Waals surface area contributed by atoms with Gasteiger partial charge in [0, 0.05) is 18.8 Å². The molecule has 1 aromatic carbocycles. The first-order valence-corrected chi connectivity index (χ1v) is 8.87. The third-order valence-electron chi connectivity index (χ3n) is 3.98. The lowest BCUT2D eigenvalue weighted by Crippen LogP contribution is -2.46. The molecule has 0 spiro atoms. The highest BCUT2D eigenvalue weighted by Crippen LogP contribution is 2.21. The minimum Gasteiger partial charge on any atom is -0.383 e. The van der Waals surface area contributed by atoms with E-state index in [2.05, 4.69) is 16.5 Å². The Bertz CT molecular complexity index is 525. The largest absolute Gasteiger partial charge is 0.383 e. The zero-order chi connectivity index (χ0) is 15.3. The van der Waals surface area contributed by atoms with Crippen LogP contribution in [0.4, 0.5) is 5.69 Å². The van der Waals surface area contributed by atoms with Gasteiger partial charge in [0.25, 0.3) is 0 Å². The van der Waals surface area contributed by atoms with Crippen LogP contribution in [0.25, 0.3) is 0 Å². The maximum absolute atomic E-state index is 12.4. The van der Waals surface area contributed by atoms with E-state index < -0.39 is 10.0 Å². The molecule has 0 bridgehead atoms. The number of hydrogen-bond donors (Lipinski definition) is 1. The molecular formula is C15H24N2O3S. The summed E-state index contributed by atoms with van der Waals surface area (Å²) >= 11 is 0. The summed E-state index contributed by atoms with van der Waals surface area (Å²) in [5.74, 6) is 0. The second kappa shape index (κ2) is 7.24. The molecular weight excluding hydrogens is 288 g/mol. The van der Waals surface area contributed by atoms with Gasteiger partial charge in [-0.1, -0.05) is 18.2 Å². The van der Waals surface area contributed by atoms with Crippen molar-refractivity contribution < 1.29 is 13.2 Å². The van der Waals surface area contributed by atoms with E-state index in [4.69, 9.17) is 4.74 Å². The van der Waals surface area contributed by atoms with Crippen LogP contribution in [0, 0.1) is 0 Å². The Kier molecular flexibility index (Phi) is 5.61. The number of likely N-dealkylation sites (tertiary alicyclic amines) is 1. The number of rotatable bonds is 6. The number of nitrogens with zero attached hydrogens (tertiary/aromatic N) is 1. The SMILES string of the molecule is COCC(C)N1CCC(S(=O)(=O)Nc2ccccc2)CC1. The summed E-state index contributed by atoms with van der Waals surface area (Å²) in [6.45, 7) is 4.38. The van der Waals surface area contributed by atoms with Gasteiger partial charge < -0.3 is 4.74 Å². The smallest absolute Gasteiger partial charge is 0.235 e. The second-order valence-electron chi connectivity index (χ2n) is 5.55. The van der Waals surface area contributed by atoms with Crippen molar-refractivity contribution in [3.8, 4) is 0 Å². The van der Waals surface area contributed by atoms with Crippen LogP contribution in [0.5, 0.6) is 0 Å². The van der Waals surface area contributed by atoms with Crippen LogP contribution in [0.2, 0.25) is 0 Å². The Hall–Kier alpha value is -1.11. The first-order chi connectivity index (χ1) is 10.0. The van der Waals surface area contributed by atoms with Crippen molar-refractivity contribution in [2.45, 2.75) is 31.1 Å². The minimum atomic E-state index is -3.31. The molecule has 1 aliphatic heterocycles. The Balaban J connectivity index is 1.92. The number of ether oxygens (including phenoxy) is 1. The summed E-state index contributed by atoms with van der Waals surface area (Å²) in [7, 11) is -1.61. The normalized spacial score (nSPS) is 19.3. The minimum absolute atomic E-state index is 0.316. The molecule has 0 radical (unpaired) electrons. The molecule has 0 amide bonds. The predicted octanol–water partition coefficient (Wildman–Crippen LogP) is 1.93. The molecule has 1 heterocycles. The van der Waals surface area contributed by atoms with E-state index in [0.717, 1.165) is 13.1 Å². The van der Waals surface area contributed by atoms with E-state index >= 15 is 0 Å². The fraction of sp³-hybridized carbons (Fsp3) is 0.600. The number of piperidine rings is 1. The third-order valence-corrected chi connectivity index (χ3v) is 5.85. The maximum atomic E-state index is 12.4. The van der Waals surface area contributed by atoms with Crippen molar-refractivity contribution in [3.63, 3.8) is 0 Å². The van der Waals surface area contributed by atoms with E-state index in [1.54, 1.807) is 19.2 Å². The van der Waals surface area contributed by atoms with Gasteiger partial charge in [-0.25, -0.2) is 8.42 Å². The number of hydrogen-bond acceptors (Lipinski definition) is 4. The van der Waals surface area contributed by atoms with Crippen LogP contribution in [0.15, 0.2) is 30.3 Å². The molecule has 1 aliphatic rings. The van der Waals surface area contributed by atoms with Crippen molar-refractivity contribution in [2.75, 3.05) is 31.5 Å². The average molecular weight is 312 g/mol. The highest BCUT2D eigenvalue weighted by atomic mass is 32.2. The van der Waals surface area contributed by atoms with Gasteiger partial charge in [-0.05, 0) is 45.0 Å². The number of anilines is 1. The predicted molar refractivity (Wildman–Crippen MR) is 84.9 cm³/mol. The molecule has 21 heavy (non-hydrogen) atoms. The topological polar surface area (TPSA) is 58.6 Å². The lowest BCUT2D eigenvalue weighted by molar-refractivity contribution is 0.0870. The molecule has 1 aromatic rings. The van der Waals surface area contributed by atoms with Gasteiger partial charge in [-0.15, -0.1) is 0 Å². The molecule has 6 heteroatoms. The molecule has 118 valence electrons. The van der Waals surface area contributed by atoms with Gasteiger partial charge in [0.05, 0.1) is 11.9 Å². The molecule has 1 unspecified atom stereocenters. The first-order valence-electron chi connectivity index (χ1n) is 7.32. The summed E-state index contributed by atoms with van der Waals surface area (Å²) in [5, 5.41) is -0.316. The van der Waals surface area contributed by atoms with Crippen LogP contribution in [0.3, 0.4) is 0 Å². The Morgan fingerprint density at radius 1 is 1.29 bits per heavy atom. The number of para-hydroxylation sites is 1. The summed E-state index contributed by atoms with van der Waals surface area (Å²) < 4.78 is 32.6. The van der Waals surface area contributed by atoms with Crippen molar-refractivity contribution in [1.82, 2.24) is 4.90 Å². The number of sulfonamides is 1. The van der Waals surface area contributed by atoms with Crippen molar-refractivity contribution in [3.05, 3.63) is 30.3 Å². The molecule has 1 fully saturated rings. The zero-order valence-electron chi connectivity index (χ0n) is 12.7. The van der Waals surface area contributed by atoms with Gasteiger partial charge in [-0.3, -0.25) is 9.62 Å². The highest BCUT2D eigenvalue weighted by Gasteiger charge is 2.31. The standard InChI is InChI=1S/C15H24N2O3S/c1-13(12-20-2)17-10-8-15(9-11-17)21(18,19)16-14-6-4-3-5-7-14/h3-7,13,15-16H,8-12H2,1-2H3. The quantitative estimate of drug-likeness (QED) is 0.872.